The molecule has 0 spiro atoms. The number of ether oxygens (including phenoxy) is 1. The first-order valence-electron chi connectivity index (χ1n) is 8.67. The smallest absolute Gasteiger partial charge is 0.127 e. The Morgan fingerprint density at radius 2 is 2.18 bits per heavy atom. The molecule has 1 aromatic carbocycles. The Hall–Kier alpha value is -1.06. The van der Waals surface area contributed by atoms with Crippen molar-refractivity contribution in [2.45, 2.75) is 45.8 Å². The van der Waals surface area contributed by atoms with Crippen LogP contribution in [0.4, 0.5) is 0 Å². The second-order valence-corrected chi connectivity index (χ2v) is 7.69. The number of fused-ring (bicyclic) bond motifs is 1. The average molecular weight is 302 g/mol. The van der Waals surface area contributed by atoms with Gasteiger partial charge in [0.15, 0.2) is 0 Å². The van der Waals surface area contributed by atoms with Crippen molar-refractivity contribution < 1.29 is 4.74 Å². The first kappa shape index (κ1) is 15.8. The highest BCUT2D eigenvalue weighted by molar-refractivity contribution is 5.45. The number of nitrogens with zero attached hydrogens (tertiary/aromatic N) is 2. The minimum absolute atomic E-state index is 0.0458. The molecule has 1 aromatic rings. The summed E-state index contributed by atoms with van der Waals surface area (Å²) < 4.78 is 6.21. The maximum absolute atomic E-state index is 6.21. The monoisotopic (exact) mass is 302 g/mol. The van der Waals surface area contributed by atoms with Crippen molar-refractivity contribution in [2.75, 3.05) is 33.2 Å². The van der Waals surface area contributed by atoms with E-state index in [9.17, 15) is 0 Å². The molecule has 0 N–H and O–H groups in total. The molecule has 1 fully saturated rings. The minimum Gasteiger partial charge on any atom is -0.487 e. The normalized spacial score (nSPS) is 23.8. The van der Waals surface area contributed by atoms with E-state index in [1.54, 1.807) is 0 Å². The molecule has 22 heavy (non-hydrogen) atoms. The highest BCUT2D eigenvalue weighted by Gasteiger charge is 2.32. The molecule has 0 aromatic heterocycles. The van der Waals surface area contributed by atoms with Crippen LogP contribution in [0.2, 0.25) is 0 Å². The van der Waals surface area contributed by atoms with Crippen molar-refractivity contribution in [3.63, 3.8) is 0 Å². The van der Waals surface area contributed by atoms with Gasteiger partial charge in [0.25, 0.3) is 0 Å². The summed E-state index contributed by atoms with van der Waals surface area (Å²) >= 11 is 0. The third kappa shape index (κ3) is 3.47. The van der Waals surface area contributed by atoms with Gasteiger partial charge < -0.3 is 9.64 Å². The first-order chi connectivity index (χ1) is 10.5. The van der Waals surface area contributed by atoms with Gasteiger partial charge in [-0.05, 0) is 51.9 Å². The van der Waals surface area contributed by atoms with Crippen LogP contribution in [-0.2, 0) is 13.0 Å². The zero-order valence-corrected chi connectivity index (χ0v) is 14.6. The van der Waals surface area contributed by atoms with Crippen LogP contribution in [0.25, 0.3) is 0 Å². The Bertz CT molecular complexity index is 526. The van der Waals surface area contributed by atoms with E-state index in [4.69, 9.17) is 4.74 Å². The van der Waals surface area contributed by atoms with E-state index in [1.807, 2.05) is 0 Å². The summed E-state index contributed by atoms with van der Waals surface area (Å²) in [4.78, 5) is 5.03. The van der Waals surface area contributed by atoms with E-state index >= 15 is 0 Å². The van der Waals surface area contributed by atoms with Gasteiger partial charge in [0.05, 0.1) is 0 Å². The van der Waals surface area contributed by atoms with Gasteiger partial charge in [-0.2, -0.15) is 0 Å². The van der Waals surface area contributed by atoms with Gasteiger partial charge in [0, 0.05) is 31.6 Å². The Balaban J connectivity index is 1.63. The molecular weight excluding hydrogens is 272 g/mol. The highest BCUT2D eigenvalue weighted by Crippen LogP contribution is 2.38. The highest BCUT2D eigenvalue weighted by atomic mass is 16.5. The van der Waals surface area contributed by atoms with Crippen molar-refractivity contribution >= 4 is 0 Å². The Morgan fingerprint density at radius 3 is 2.95 bits per heavy atom. The molecule has 3 rings (SSSR count). The number of rotatable bonds is 5. The lowest BCUT2D eigenvalue weighted by atomic mass is 10.0. The molecule has 3 nitrogen and oxygen atoms in total. The van der Waals surface area contributed by atoms with Gasteiger partial charge in [0.1, 0.15) is 11.4 Å². The van der Waals surface area contributed by atoms with Gasteiger partial charge in [0.2, 0.25) is 0 Å². The van der Waals surface area contributed by atoms with Crippen molar-refractivity contribution in [1.82, 2.24) is 9.80 Å². The maximum Gasteiger partial charge on any atom is 0.127 e. The quantitative estimate of drug-likeness (QED) is 0.831. The van der Waals surface area contributed by atoms with Crippen molar-refractivity contribution in [2.24, 2.45) is 5.92 Å². The van der Waals surface area contributed by atoms with E-state index in [0.29, 0.717) is 0 Å². The topological polar surface area (TPSA) is 15.7 Å². The Kier molecular flexibility index (Phi) is 4.47. The van der Waals surface area contributed by atoms with Gasteiger partial charge in [-0.1, -0.05) is 25.1 Å². The van der Waals surface area contributed by atoms with E-state index in [2.05, 4.69) is 55.8 Å². The number of hydrogen-bond acceptors (Lipinski definition) is 3. The number of benzene rings is 1. The molecule has 2 heterocycles. The largest absolute Gasteiger partial charge is 0.487 e. The Labute approximate surface area is 135 Å². The molecule has 1 saturated heterocycles. The predicted octanol–water partition coefficient (Wildman–Crippen LogP) is 3.17. The predicted molar refractivity (Wildman–Crippen MR) is 91.4 cm³/mol. The van der Waals surface area contributed by atoms with Gasteiger partial charge in [-0.15, -0.1) is 0 Å². The summed E-state index contributed by atoms with van der Waals surface area (Å²) in [5.74, 6) is 1.97. The molecule has 0 bridgehead atoms. The van der Waals surface area contributed by atoms with Crippen LogP contribution < -0.4 is 4.74 Å². The van der Waals surface area contributed by atoms with Crippen LogP contribution in [0.3, 0.4) is 0 Å². The van der Waals surface area contributed by atoms with Crippen LogP contribution >= 0.6 is 0 Å². The zero-order chi connectivity index (χ0) is 15.7. The molecule has 0 radical (unpaired) electrons. The zero-order valence-electron chi connectivity index (χ0n) is 14.6. The van der Waals surface area contributed by atoms with Crippen molar-refractivity contribution in [3.05, 3.63) is 29.3 Å². The summed E-state index contributed by atoms with van der Waals surface area (Å²) in [6, 6.07) is 6.65. The molecule has 0 saturated carbocycles. The molecule has 0 amide bonds. The lowest BCUT2D eigenvalue weighted by molar-refractivity contribution is 0.135. The SMILES string of the molecule is CCN(C)CC1CCN(Cc2cccc3c2OC(C)(C)C3)C1. The number of likely N-dealkylation sites (tertiary alicyclic amines) is 1. The molecule has 1 atom stereocenters. The minimum atomic E-state index is -0.0458. The fraction of sp³-hybridized carbons (Fsp3) is 0.684. The molecule has 2 aliphatic heterocycles. The van der Waals surface area contributed by atoms with Gasteiger partial charge in [-0.3, -0.25) is 4.90 Å². The van der Waals surface area contributed by atoms with Crippen LogP contribution in [0.15, 0.2) is 18.2 Å². The van der Waals surface area contributed by atoms with Crippen LogP contribution in [0.1, 0.15) is 38.3 Å². The molecular formula is C19H30N2O. The summed E-state index contributed by atoms with van der Waals surface area (Å²) in [5, 5.41) is 0. The molecule has 3 heteroatoms. The summed E-state index contributed by atoms with van der Waals surface area (Å²) in [7, 11) is 2.22. The summed E-state index contributed by atoms with van der Waals surface area (Å²) in [6.45, 7) is 12.4. The molecule has 2 aliphatic rings. The number of hydrogen-bond donors (Lipinski definition) is 0. The van der Waals surface area contributed by atoms with Crippen LogP contribution in [0.5, 0.6) is 5.75 Å². The Morgan fingerprint density at radius 1 is 1.36 bits per heavy atom. The van der Waals surface area contributed by atoms with Crippen molar-refractivity contribution in [3.8, 4) is 5.75 Å². The second-order valence-electron chi connectivity index (χ2n) is 7.69. The molecule has 122 valence electrons. The van der Waals surface area contributed by atoms with Gasteiger partial charge in [-0.25, -0.2) is 0 Å². The standard InChI is InChI=1S/C19H30N2O/c1-5-20(4)12-15-9-10-21(13-15)14-17-8-6-7-16-11-19(2,3)22-18(16)17/h6-8,15H,5,9-14H2,1-4H3. The van der Waals surface area contributed by atoms with E-state index in [-0.39, 0.29) is 5.60 Å². The van der Waals surface area contributed by atoms with Crippen LogP contribution in [-0.4, -0.2) is 48.6 Å². The molecule has 1 unspecified atom stereocenters. The maximum atomic E-state index is 6.21. The first-order valence-corrected chi connectivity index (χ1v) is 8.67. The average Bonchev–Trinajstić information content (AvgIpc) is 3.01. The fourth-order valence-corrected chi connectivity index (χ4v) is 3.82. The summed E-state index contributed by atoms with van der Waals surface area (Å²) in [5.41, 5.74) is 2.70. The lowest BCUT2D eigenvalue weighted by Gasteiger charge is -2.22. The second kappa shape index (κ2) is 6.21. The molecule has 0 aliphatic carbocycles. The third-order valence-electron chi connectivity index (χ3n) is 5.05. The van der Waals surface area contributed by atoms with Crippen molar-refractivity contribution in [1.29, 1.82) is 0 Å². The van der Waals surface area contributed by atoms with E-state index in [0.717, 1.165) is 31.2 Å². The fourth-order valence-electron chi connectivity index (χ4n) is 3.82. The summed E-state index contributed by atoms with van der Waals surface area (Å²) in [6.07, 6.45) is 2.35. The van der Waals surface area contributed by atoms with E-state index in [1.165, 1.54) is 37.2 Å². The number of para-hydroxylation sites is 1. The van der Waals surface area contributed by atoms with Gasteiger partial charge >= 0.3 is 0 Å². The van der Waals surface area contributed by atoms with E-state index < -0.39 is 0 Å². The van der Waals surface area contributed by atoms with Crippen LogP contribution in [0, 0.1) is 5.92 Å². The lowest BCUT2D eigenvalue weighted by Crippen LogP contribution is -2.28. The third-order valence-corrected chi connectivity index (χ3v) is 5.05.